The first kappa shape index (κ1) is 15.1. The smallest absolute Gasteiger partial charge is 0.305 e. The van der Waals surface area contributed by atoms with Gasteiger partial charge in [0.05, 0.1) is 18.7 Å². The van der Waals surface area contributed by atoms with Crippen LogP contribution in [0.3, 0.4) is 0 Å². The number of carboxylic acids is 1. The Kier molecular flexibility index (Phi) is 4.98. The number of para-hydroxylation sites is 1. The van der Waals surface area contributed by atoms with E-state index in [2.05, 4.69) is 10.00 Å². The van der Waals surface area contributed by atoms with Crippen LogP contribution in [-0.4, -0.2) is 27.4 Å². The number of carboxylic acid groups (broad SMARTS) is 1. The van der Waals surface area contributed by atoms with Crippen molar-refractivity contribution in [2.45, 2.75) is 33.4 Å². The highest BCUT2D eigenvalue weighted by Crippen LogP contribution is 2.22. The summed E-state index contributed by atoms with van der Waals surface area (Å²) >= 11 is 0. The van der Waals surface area contributed by atoms with E-state index in [-0.39, 0.29) is 6.42 Å². The lowest BCUT2D eigenvalue weighted by Crippen LogP contribution is -2.27. The van der Waals surface area contributed by atoms with E-state index in [1.54, 1.807) is 6.20 Å². The van der Waals surface area contributed by atoms with E-state index in [9.17, 15) is 4.79 Å². The lowest BCUT2D eigenvalue weighted by molar-refractivity contribution is -0.136. The van der Waals surface area contributed by atoms with Gasteiger partial charge in [-0.2, -0.15) is 5.10 Å². The molecular formula is C16H21N3O2. The molecule has 0 spiro atoms. The Morgan fingerprint density at radius 3 is 2.76 bits per heavy atom. The minimum atomic E-state index is -0.780. The summed E-state index contributed by atoms with van der Waals surface area (Å²) in [6, 6.07) is 10.0. The van der Waals surface area contributed by atoms with Crippen LogP contribution in [0.2, 0.25) is 0 Å². The summed E-state index contributed by atoms with van der Waals surface area (Å²) in [5.41, 5.74) is 3.30. The summed E-state index contributed by atoms with van der Waals surface area (Å²) < 4.78 is 1.94. The van der Waals surface area contributed by atoms with Crippen molar-refractivity contribution in [3.05, 3.63) is 47.8 Å². The Morgan fingerprint density at radius 1 is 1.33 bits per heavy atom. The topological polar surface area (TPSA) is 58.4 Å². The predicted octanol–water partition coefficient (Wildman–Crippen LogP) is 2.69. The molecule has 0 saturated carbocycles. The maximum atomic E-state index is 10.9. The molecule has 0 aliphatic rings. The number of aliphatic carboxylic acids is 1. The number of aryl methyl sites for hydroxylation is 2. The molecule has 2 rings (SSSR count). The standard InChI is InChI=1S/C16H21N3O2/c1-3-19-14(8-10-17-19)12-18(11-9-16(20)21)15-7-5-4-6-13(15)2/h4-8,10H,3,9,11-12H2,1-2H3,(H,20,21). The number of hydrogen-bond donors (Lipinski definition) is 1. The highest BCUT2D eigenvalue weighted by atomic mass is 16.4. The molecule has 1 aromatic carbocycles. The molecule has 5 heteroatoms. The van der Waals surface area contributed by atoms with Gasteiger partial charge in [-0.1, -0.05) is 18.2 Å². The van der Waals surface area contributed by atoms with Gasteiger partial charge >= 0.3 is 5.97 Å². The first-order valence-corrected chi connectivity index (χ1v) is 7.15. The molecule has 21 heavy (non-hydrogen) atoms. The Labute approximate surface area is 124 Å². The van der Waals surface area contributed by atoms with E-state index >= 15 is 0 Å². The largest absolute Gasteiger partial charge is 0.481 e. The molecule has 2 aromatic rings. The van der Waals surface area contributed by atoms with Crippen LogP contribution in [-0.2, 0) is 17.9 Å². The van der Waals surface area contributed by atoms with Crippen molar-refractivity contribution in [3.63, 3.8) is 0 Å². The first-order chi connectivity index (χ1) is 10.1. The molecule has 0 atom stereocenters. The third kappa shape index (κ3) is 3.84. The maximum Gasteiger partial charge on any atom is 0.305 e. The quantitative estimate of drug-likeness (QED) is 0.850. The zero-order valence-corrected chi connectivity index (χ0v) is 12.5. The highest BCUT2D eigenvalue weighted by Gasteiger charge is 2.13. The summed E-state index contributed by atoms with van der Waals surface area (Å²) in [5, 5.41) is 13.2. The number of nitrogens with zero attached hydrogens (tertiary/aromatic N) is 3. The Bertz CT molecular complexity index is 607. The number of carbonyl (C=O) groups is 1. The molecule has 0 unspecified atom stereocenters. The van der Waals surface area contributed by atoms with Crippen LogP contribution in [0.1, 0.15) is 24.6 Å². The fourth-order valence-electron chi connectivity index (χ4n) is 2.41. The van der Waals surface area contributed by atoms with Gasteiger partial charge in [0.2, 0.25) is 0 Å². The van der Waals surface area contributed by atoms with Crippen LogP contribution in [0, 0.1) is 6.92 Å². The van der Waals surface area contributed by atoms with E-state index in [1.807, 2.05) is 48.9 Å². The molecule has 1 aromatic heterocycles. The second kappa shape index (κ2) is 6.92. The molecule has 0 fully saturated rings. The summed E-state index contributed by atoms with van der Waals surface area (Å²) in [6.07, 6.45) is 1.90. The Balaban J connectivity index is 2.24. The van der Waals surface area contributed by atoms with Crippen molar-refractivity contribution in [2.75, 3.05) is 11.4 Å². The summed E-state index contributed by atoms with van der Waals surface area (Å²) in [5.74, 6) is -0.780. The second-order valence-electron chi connectivity index (χ2n) is 4.99. The average molecular weight is 287 g/mol. The summed E-state index contributed by atoms with van der Waals surface area (Å²) in [6.45, 7) is 6.04. The maximum absolute atomic E-state index is 10.9. The van der Waals surface area contributed by atoms with E-state index in [0.717, 1.165) is 23.5 Å². The molecule has 0 aliphatic carbocycles. The van der Waals surface area contributed by atoms with Gasteiger partial charge in [0.1, 0.15) is 0 Å². The van der Waals surface area contributed by atoms with Crippen molar-refractivity contribution in [1.29, 1.82) is 0 Å². The minimum absolute atomic E-state index is 0.120. The van der Waals surface area contributed by atoms with Crippen LogP contribution >= 0.6 is 0 Å². The van der Waals surface area contributed by atoms with Gasteiger partial charge in [-0.15, -0.1) is 0 Å². The van der Waals surface area contributed by atoms with Gasteiger partial charge in [0.25, 0.3) is 0 Å². The molecule has 0 aliphatic heterocycles. The third-order valence-corrected chi connectivity index (χ3v) is 3.51. The monoisotopic (exact) mass is 287 g/mol. The molecule has 0 radical (unpaired) electrons. The molecule has 0 saturated heterocycles. The zero-order valence-electron chi connectivity index (χ0n) is 12.5. The first-order valence-electron chi connectivity index (χ1n) is 7.15. The van der Waals surface area contributed by atoms with E-state index in [1.165, 1.54) is 0 Å². The summed E-state index contributed by atoms with van der Waals surface area (Å²) in [4.78, 5) is 13.0. The molecule has 0 bridgehead atoms. The van der Waals surface area contributed by atoms with Crippen molar-refractivity contribution in [2.24, 2.45) is 0 Å². The van der Waals surface area contributed by atoms with Crippen LogP contribution < -0.4 is 4.90 Å². The fraction of sp³-hybridized carbons (Fsp3) is 0.375. The number of anilines is 1. The Morgan fingerprint density at radius 2 is 2.10 bits per heavy atom. The minimum Gasteiger partial charge on any atom is -0.481 e. The van der Waals surface area contributed by atoms with Gasteiger partial charge in [-0.05, 0) is 31.5 Å². The molecule has 112 valence electrons. The molecular weight excluding hydrogens is 266 g/mol. The van der Waals surface area contributed by atoms with Crippen molar-refractivity contribution in [3.8, 4) is 0 Å². The second-order valence-corrected chi connectivity index (χ2v) is 4.99. The lowest BCUT2D eigenvalue weighted by Gasteiger charge is -2.26. The predicted molar refractivity (Wildman–Crippen MR) is 82.4 cm³/mol. The van der Waals surface area contributed by atoms with Crippen LogP contribution in [0.15, 0.2) is 36.5 Å². The van der Waals surface area contributed by atoms with Crippen molar-refractivity contribution in [1.82, 2.24) is 9.78 Å². The van der Waals surface area contributed by atoms with Gasteiger partial charge in [-0.25, -0.2) is 0 Å². The fourth-order valence-corrected chi connectivity index (χ4v) is 2.41. The number of benzene rings is 1. The van der Waals surface area contributed by atoms with Crippen LogP contribution in [0.25, 0.3) is 0 Å². The summed E-state index contributed by atoms with van der Waals surface area (Å²) in [7, 11) is 0. The average Bonchev–Trinajstić information content (AvgIpc) is 2.91. The number of aromatic nitrogens is 2. The molecule has 1 heterocycles. The number of rotatable bonds is 7. The number of hydrogen-bond acceptors (Lipinski definition) is 3. The van der Waals surface area contributed by atoms with Crippen LogP contribution in [0.5, 0.6) is 0 Å². The molecule has 5 nitrogen and oxygen atoms in total. The third-order valence-electron chi connectivity index (χ3n) is 3.51. The van der Waals surface area contributed by atoms with Crippen molar-refractivity contribution < 1.29 is 9.90 Å². The van der Waals surface area contributed by atoms with Gasteiger partial charge < -0.3 is 10.0 Å². The van der Waals surface area contributed by atoms with E-state index in [4.69, 9.17) is 5.11 Å². The molecule has 1 N–H and O–H groups in total. The van der Waals surface area contributed by atoms with Crippen molar-refractivity contribution >= 4 is 11.7 Å². The lowest BCUT2D eigenvalue weighted by atomic mass is 10.1. The SMILES string of the molecule is CCn1nccc1CN(CCC(=O)O)c1ccccc1C. The van der Waals surface area contributed by atoms with Gasteiger partial charge in [0.15, 0.2) is 0 Å². The zero-order chi connectivity index (χ0) is 15.2. The Hall–Kier alpha value is -2.30. The van der Waals surface area contributed by atoms with E-state index in [0.29, 0.717) is 13.1 Å². The normalized spacial score (nSPS) is 10.6. The molecule has 0 amide bonds. The van der Waals surface area contributed by atoms with E-state index < -0.39 is 5.97 Å². The van der Waals surface area contributed by atoms with Gasteiger partial charge in [-0.3, -0.25) is 9.48 Å². The van der Waals surface area contributed by atoms with Gasteiger partial charge in [0, 0.05) is 25.0 Å². The van der Waals surface area contributed by atoms with Crippen LogP contribution in [0.4, 0.5) is 5.69 Å². The highest BCUT2D eigenvalue weighted by molar-refractivity contribution is 5.68.